The van der Waals surface area contributed by atoms with E-state index in [0.29, 0.717) is 18.0 Å². The summed E-state index contributed by atoms with van der Waals surface area (Å²) >= 11 is 6.16. The van der Waals surface area contributed by atoms with Crippen LogP contribution in [0.1, 0.15) is 24.0 Å². The number of hydrogen-bond donors (Lipinski definition) is 1. The van der Waals surface area contributed by atoms with E-state index >= 15 is 0 Å². The Morgan fingerprint density at radius 1 is 1.47 bits per heavy atom. The Hall–Kier alpha value is -1.55. The fraction of sp³-hybridized carbons (Fsp3) is 0.429. The normalized spacial score (nSPS) is 18.6. The summed E-state index contributed by atoms with van der Waals surface area (Å²) < 4.78 is 0. The number of benzene rings is 1. The van der Waals surface area contributed by atoms with Crippen LogP contribution in [-0.2, 0) is 16.0 Å². The molecule has 4 nitrogen and oxygen atoms in total. The third kappa shape index (κ3) is 2.89. The second-order valence-corrected chi connectivity index (χ2v) is 5.19. The van der Waals surface area contributed by atoms with Crippen LogP contribution >= 0.6 is 11.6 Å². The molecule has 1 aliphatic rings. The van der Waals surface area contributed by atoms with Gasteiger partial charge in [0.25, 0.3) is 0 Å². The zero-order valence-electron chi connectivity index (χ0n) is 10.7. The van der Waals surface area contributed by atoms with Crippen molar-refractivity contribution in [3.63, 3.8) is 0 Å². The number of aliphatic carboxylic acids is 1. The molecule has 102 valence electrons. The van der Waals surface area contributed by atoms with E-state index in [-0.39, 0.29) is 12.3 Å². The standard InChI is InChI=1S/C14H16ClNO3/c1-9-4-2-5-10(13(9)15)8-12(17)16-7-3-6-11(16)14(18)19/h2,4-5,11H,3,6-8H2,1H3,(H,18,19)/t11-/m0/s1. The summed E-state index contributed by atoms with van der Waals surface area (Å²) in [5.74, 6) is -1.10. The Balaban J connectivity index is 2.13. The van der Waals surface area contributed by atoms with Crippen molar-refractivity contribution in [1.82, 2.24) is 4.90 Å². The van der Waals surface area contributed by atoms with Crippen molar-refractivity contribution in [1.29, 1.82) is 0 Å². The first-order valence-electron chi connectivity index (χ1n) is 6.27. The van der Waals surface area contributed by atoms with Crippen LogP contribution in [-0.4, -0.2) is 34.5 Å². The molecule has 1 aliphatic heterocycles. The molecule has 0 aromatic heterocycles. The maximum atomic E-state index is 12.2. The highest BCUT2D eigenvalue weighted by atomic mass is 35.5. The second kappa shape index (κ2) is 5.61. The Bertz CT molecular complexity index is 515. The minimum absolute atomic E-state index is 0.157. The van der Waals surface area contributed by atoms with Crippen LogP contribution in [0.4, 0.5) is 0 Å². The van der Waals surface area contributed by atoms with Crippen LogP contribution in [0.25, 0.3) is 0 Å². The molecule has 0 spiro atoms. The predicted octanol–water partition coefficient (Wildman–Crippen LogP) is 2.27. The molecule has 1 fully saturated rings. The Kier molecular flexibility index (Phi) is 4.10. The van der Waals surface area contributed by atoms with Gasteiger partial charge in [0.1, 0.15) is 6.04 Å². The summed E-state index contributed by atoms with van der Waals surface area (Å²) in [5, 5.41) is 9.66. The quantitative estimate of drug-likeness (QED) is 0.925. The predicted molar refractivity (Wildman–Crippen MR) is 72.3 cm³/mol. The number of nitrogens with zero attached hydrogens (tertiary/aromatic N) is 1. The van der Waals surface area contributed by atoms with Gasteiger partial charge in [0.15, 0.2) is 0 Å². The van der Waals surface area contributed by atoms with E-state index in [1.54, 1.807) is 6.07 Å². The molecule has 0 radical (unpaired) electrons. The van der Waals surface area contributed by atoms with Crippen LogP contribution < -0.4 is 0 Å². The lowest BCUT2D eigenvalue weighted by molar-refractivity contribution is -0.148. The number of likely N-dealkylation sites (tertiary alicyclic amines) is 1. The van der Waals surface area contributed by atoms with Crippen molar-refractivity contribution in [3.8, 4) is 0 Å². The molecule has 2 rings (SSSR count). The monoisotopic (exact) mass is 281 g/mol. The van der Waals surface area contributed by atoms with Gasteiger partial charge in [-0.3, -0.25) is 4.79 Å². The highest BCUT2D eigenvalue weighted by Crippen LogP contribution is 2.23. The molecule has 0 saturated carbocycles. The topological polar surface area (TPSA) is 57.6 Å². The van der Waals surface area contributed by atoms with E-state index < -0.39 is 12.0 Å². The van der Waals surface area contributed by atoms with Gasteiger partial charge in [-0.05, 0) is 30.9 Å². The lowest BCUT2D eigenvalue weighted by atomic mass is 10.1. The SMILES string of the molecule is Cc1cccc(CC(=O)N2CCC[C@H]2C(=O)O)c1Cl. The molecule has 19 heavy (non-hydrogen) atoms. The summed E-state index contributed by atoms with van der Waals surface area (Å²) in [6, 6.07) is 4.85. The van der Waals surface area contributed by atoms with Crippen LogP contribution in [0.5, 0.6) is 0 Å². The van der Waals surface area contributed by atoms with Gasteiger partial charge in [-0.25, -0.2) is 4.79 Å². The van der Waals surface area contributed by atoms with Gasteiger partial charge < -0.3 is 10.0 Å². The van der Waals surface area contributed by atoms with Crippen molar-refractivity contribution >= 4 is 23.5 Å². The number of amides is 1. The molecule has 1 heterocycles. The van der Waals surface area contributed by atoms with Crippen LogP contribution in [0, 0.1) is 6.92 Å². The number of carbonyl (C=O) groups is 2. The third-order valence-electron chi connectivity index (χ3n) is 3.47. The van der Waals surface area contributed by atoms with Crippen LogP contribution in [0.15, 0.2) is 18.2 Å². The molecule has 0 unspecified atom stereocenters. The maximum absolute atomic E-state index is 12.2. The van der Waals surface area contributed by atoms with E-state index in [1.807, 2.05) is 19.1 Å². The number of hydrogen-bond acceptors (Lipinski definition) is 2. The Morgan fingerprint density at radius 2 is 2.21 bits per heavy atom. The molecular weight excluding hydrogens is 266 g/mol. The van der Waals surface area contributed by atoms with Crippen molar-refractivity contribution < 1.29 is 14.7 Å². The smallest absolute Gasteiger partial charge is 0.326 e. The minimum atomic E-state index is -0.929. The zero-order valence-corrected chi connectivity index (χ0v) is 11.5. The van der Waals surface area contributed by atoms with Gasteiger partial charge in [-0.2, -0.15) is 0 Å². The highest BCUT2D eigenvalue weighted by Gasteiger charge is 2.33. The first kappa shape index (κ1) is 13.9. The molecular formula is C14H16ClNO3. The van der Waals surface area contributed by atoms with E-state index in [4.69, 9.17) is 16.7 Å². The van der Waals surface area contributed by atoms with Crippen molar-refractivity contribution in [3.05, 3.63) is 34.3 Å². The van der Waals surface area contributed by atoms with E-state index in [0.717, 1.165) is 17.5 Å². The van der Waals surface area contributed by atoms with Gasteiger partial charge in [0, 0.05) is 11.6 Å². The summed E-state index contributed by atoms with van der Waals surface area (Å²) in [6.07, 6.45) is 1.43. The minimum Gasteiger partial charge on any atom is -0.480 e. The van der Waals surface area contributed by atoms with Crippen molar-refractivity contribution in [2.75, 3.05) is 6.54 Å². The number of rotatable bonds is 3. The van der Waals surface area contributed by atoms with Gasteiger partial charge in [-0.15, -0.1) is 0 Å². The molecule has 1 N–H and O–H groups in total. The van der Waals surface area contributed by atoms with Gasteiger partial charge >= 0.3 is 5.97 Å². The number of carboxylic acid groups (broad SMARTS) is 1. The molecule has 1 amide bonds. The van der Waals surface area contributed by atoms with Gasteiger partial charge in [0.05, 0.1) is 6.42 Å². The highest BCUT2D eigenvalue weighted by molar-refractivity contribution is 6.32. The average molecular weight is 282 g/mol. The van der Waals surface area contributed by atoms with Crippen molar-refractivity contribution in [2.45, 2.75) is 32.2 Å². The number of carboxylic acids is 1. The lowest BCUT2D eigenvalue weighted by Crippen LogP contribution is -2.41. The second-order valence-electron chi connectivity index (χ2n) is 4.81. The van der Waals surface area contributed by atoms with Crippen molar-refractivity contribution in [2.24, 2.45) is 0 Å². The van der Waals surface area contributed by atoms with E-state index in [2.05, 4.69) is 0 Å². The van der Waals surface area contributed by atoms with Gasteiger partial charge in [-0.1, -0.05) is 29.8 Å². The Morgan fingerprint density at radius 3 is 2.89 bits per heavy atom. The largest absolute Gasteiger partial charge is 0.480 e. The molecule has 0 bridgehead atoms. The van der Waals surface area contributed by atoms with Gasteiger partial charge in [0.2, 0.25) is 5.91 Å². The average Bonchev–Trinajstić information content (AvgIpc) is 2.84. The van der Waals surface area contributed by atoms with Crippen LogP contribution in [0.3, 0.4) is 0 Å². The number of halogens is 1. The molecule has 1 saturated heterocycles. The first-order valence-corrected chi connectivity index (χ1v) is 6.64. The number of carbonyl (C=O) groups excluding carboxylic acids is 1. The molecule has 5 heteroatoms. The molecule has 1 aromatic carbocycles. The van der Waals surface area contributed by atoms with Crippen LogP contribution in [0.2, 0.25) is 5.02 Å². The summed E-state index contributed by atoms with van der Waals surface area (Å²) in [5.41, 5.74) is 1.67. The fourth-order valence-corrected chi connectivity index (χ4v) is 2.62. The molecule has 1 aromatic rings. The molecule has 1 atom stereocenters. The third-order valence-corrected chi connectivity index (χ3v) is 4.01. The summed E-state index contributed by atoms with van der Waals surface area (Å²) in [7, 11) is 0. The van der Waals surface area contributed by atoms with E-state index in [9.17, 15) is 9.59 Å². The Labute approximate surface area is 117 Å². The zero-order chi connectivity index (χ0) is 14.0. The first-order chi connectivity index (χ1) is 9.00. The molecule has 0 aliphatic carbocycles. The maximum Gasteiger partial charge on any atom is 0.326 e. The summed E-state index contributed by atoms with van der Waals surface area (Å²) in [6.45, 7) is 2.39. The van der Waals surface area contributed by atoms with E-state index in [1.165, 1.54) is 4.90 Å². The lowest BCUT2D eigenvalue weighted by Gasteiger charge is -2.21. The summed E-state index contributed by atoms with van der Waals surface area (Å²) in [4.78, 5) is 24.7. The fourth-order valence-electron chi connectivity index (χ4n) is 2.43. The number of aryl methyl sites for hydroxylation is 1.